The Bertz CT molecular complexity index is 416. The predicted octanol–water partition coefficient (Wildman–Crippen LogP) is 3.76. The Balaban J connectivity index is 2.03. The van der Waals surface area contributed by atoms with Crippen LogP contribution < -0.4 is 10.6 Å². The van der Waals surface area contributed by atoms with E-state index in [1.807, 2.05) is 24.9 Å². The lowest BCUT2D eigenvalue weighted by Crippen LogP contribution is -2.29. The molecule has 1 fully saturated rings. The molecule has 2 rings (SSSR count). The molecule has 0 bridgehead atoms. The first kappa shape index (κ1) is 14.9. The van der Waals surface area contributed by atoms with Crippen molar-refractivity contribution in [2.24, 2.45) is 0 Å². The summed E-state index contributed by atoms with van der Waals surface area (Å²) in [4.78, 5) is 8.76. The summed E-state index contributed by atoms with van der Waals surface area (Å²) in [5.41, 5.74) is 0. The van der Waals surface area contributed by atoms with Crippen molar-refractivity contribution < 1.29 is 0 Å². The number of rotatable bonds is 5. The van der Waals surface area contributed by atoms with Crippen molar-refractivity contribution >= 4 is 39.5 Å². The SMILES string of the molecule is CCNc1ncc(Br)c(NC2CCCC(SC)C2)n1. The van der Waals surface area contributed by atoms with E-state index in [-0.39, 0.29) is 0 Å². The number of nitrogens with one attached hydrogen (secondary N) is 2. The van der Waals surface area contributed by atoms with Crippen LogP contribution in [-0.2, 0) is 0 Å². The Labute approximate surface area is 127 Å². The number of halogens is 1. The number of anilines is 2. The monoisotopic (exact) mass is 344 g/mol. The molecule has 2 N–H and O–H groups in total. The first-order valence-corrected chi connectivity index (χ1v) is 8.86. The van der Waals surface area contributed by atoms with E-state index in [0.717, 1.165) is 22.1 Å². The summed E-state index contributed by atoms with van der Waals surface area (Å²) in [6.07, 6.45) is 9.09. The lowest BCUT2D eigenvalue weighted by atomic mass is 9.95. The first-order chi connectivity index (χ1) is 9.22. The molecule has 0 saturated heterocycles. The standard InChI is InChI=1S/C13H21BrN4S/c1-3-15-13-16-8-11(14)12(18-13)17-9-5-4-6-10(7-9)19-2/h8-10H,3-7H2,1-2H3,(H2,15,16,17,18). The molecule has 2 atom stereocenters. The molecule has 0 amide bonds. The van der Waals surface area contributed by atoms with Crippen LogP contribution in [0.2, 0.25) is 0 Å². The molecule has 0 radical (unpaired) electrons. The molecule has 6 heteroatoms. The summed E-state index contributed by atoms with van der Waals surface area (Å²) in [7, 11) is 0. The van der Waals surface area contributed by atoms with Crippen molar-refractivity contribution in [1.82, 2.24) is 9.97 Å². The molecule has 0 aliphatic heterocycles. The normalized spacial score (nSPS) is 23.1. The highest BCUT2D eigenvalue weighted by atomic mass is 79.9. The van der Waals surface area contributed by atoms with Crippen LogP contribution in [0.25, 0.3) is 0 Å². The van der Waals surface area contributed by atoms with Crippen LogP contribution in [0.1, 0.15) is 32.6 Å². The van der Waals surface area contributed by atoms with E-state index in [1.165, 1.54) is 25.7 Å². The van der Waals surface area contributed by atoms with Crippen molar-refractivity contribution in [3.05, 3.63) is 10.7 Å². The number of nitrogens with zero attached hydrogens (tertiary/aromatic N) is 2. The lowest BCUT2D eigenvalue weighted by Gasteiger charge is -2.29. The van der Waals surface area contributed by atoms with Gasteiger partial charge in [-0.25, -0.2) is 4.98 Å². The van der Waals surface area contributed by atoms with Gasteiger partial charge in [0.25, 0.3) is 0 Å². The summed E-state index contributed by atoms with van der Waals surface area (Å²) in [6.45, 7) is 2.88. The van der Waals surface area contributed by atoms with Crippen LogP contribution in [0.3, 0.4) is 0 Å². The van der Waals surface area contributed by atoms with Gasteiger partial charge in [-0.2, -0.15) is 16.7 Å². The van der Waals surface area contributed by atoms with Crippen LogP contribution in [0.4, 0.5) is 11.8 Å². The Kier molecular flexibility index (Phi) is 5.76. The van der Waals surface area contributed by atoms with Crippen LogP contribution in [0.5, 0.6) is 0 Å². The van der Waals surface area contributed by atoms with E-state index in [0.29, 0.717) is 12.0 Å². The summed E-state index contributed by atoms with van der Waals surface area (Å²) < 4.78 is 0.931. The predicted molar refractivity (Wildman–Crippen MR) is 87.1 cm³/mol. The number of hydrogen-bond acceptors (Lipinski definition) is 5. The summed E-state index contributed by atoms with van der Waals surface area (Å²) in [5.74, 6) is 1.59. The maximum Gasteiger partial charge on any atom is 0.224 e. The molecule has 1 heterocycles. The average molecular weight is 345 g/mol. The van der Waals surface area contributed by atoms with Crippen molar-refractivity contribution in [2.75, 3.05) is 23.4 Å². The van der Waals surface area contributed by atoms with Crippen molar-refractivity contribution in [3.8, 4) is 0 Å². The Morgan fingerprint density at radius 3 is 3.05 bits per heavy atom. The molecule has 1 aromatic rings. The highest BCUT2D eigenvalue weighted by Crippen LogP contribution is 2.30. The smallest absolute Gasteiger partial charge is 0.224 e. The third kappa shape index (κ3) is 4.24. The van der Waals surface area contributed by atoms with Crippen molar-refractivity contribution in [3.63, 3.8) is 0 Å². The molecule has 0 spiro atoms. The van der Waals surface area contributed by atoms with Crippen molar-refractivity contribution in [2.45, 2.75) is 43.9 Å². The Hall–Kier alpha value is -0.490. The number of hydrogen-bond donors (Lipinski definition) is 2. The topological polar surface area (TPSA) is 49.8 Å². The summed E-state index contributed by atoms with van der Waals surface area (Å²) in [5, 5.41) is 7.48. The van der Waals surface area contributed by atoms with Crippen LogP contribution in [0.15, 0.2) is 10.7 Å². The molecule has 1 aliphatic rings. The lowest BCUT2D eigenvalue weighted by molar-refractivity contribution is 0.472. The number of aromatic nitrogens is 2. The molecule has 1 aliphatic carbocycles. The molecule has 4 nitrogen and oxygen atoms in total. The van der Waals surface area contributed by atoms with Gasteiger partial charge in [0.1, 0.15) is 5.82 Å². The third-order valence-electron chi connectivity index (χ3n) is 3.38. The molecule has 2 unspecified atom stereocenters. The zero-order chi connectivity index (χ0) is 13.7. The Morgan fingerprint density at radius 2 is 2.32 bits per heavy atom. The minimum absolute atomic E-state index is 0.520. The second kappa shape index (κ2) is 7.33. The van der Waals surface area contributed by atoms with E-state index < -0.39 is 0 Å². The van der Waals surface area contributed by atoms with Crippen molar-refractivity contribution in [1.29, 1.82) is 0 Å². The average Bonchev–Trinajstić information content (AvgIpc) is 2.43. The maximum atomic E-state index is 4.52. The second-order valence-corrected chi connectivity index (χ2v) is 6.78. The summed E-state index contributed by atoms with van der Waals surface area (Å²) >= 11 is 5.50. The van der Waals surface area contributed by atoms with E-state index >= 15 is 0 Å². The van der Waals surface area contributed by atoms with E-state index in [4.69, 9.17) is 0 Å². The second-order valence-electron chi connectivity index (χ2n) is 4.79. The van der Waals surface area contributed by atoms with Gasteiger partial charge in [0.05, 0.1) is 4.47 Å². The van der Waals surface area contributed by atoms with Gasteiger partial charge < -0.3 is 10.6 Å². The molecule has 1 saturated carbocycles. The number of thioether (sulfide) groups is 1. The van der Waals surface area contributed by atoms with Gasteiger partial charge in [0.2, 0.25) is 5.95 Å². The third-order valence-corrected chi connectivity index (χ3v) is 5.05. The molecular weight excluding hydrogens is 324 g/mol. The van der Waals surface area contributed by atoms with Gasteiger partial charge >= 0.3 is 0 Å². The van der Waals surface area contributed by atoms with Crippen LogP contribution >= 0.6 is 27.7 Å². The molecule has 106 valence electrons. The Morgan fingerprint density at radius 1 is 1.47 bits per heavy atom. The van der Waals surface area contributed by atoms with E-state index in [2.05, 4.69) is 42.8 Å². The van der Waals surface area contributed by atoms with Gasteiger partial charge in [0.15, 0.2) is 0 Å². The molecular formula is C13H21BrN4S. The molecule has 1 aromatic heterocycles. The van der Waals surface area contributed by atoms with E-state index in [9.17, 15) is 0 Å². The molecule has 0 aromatic carbocycles. The summed E-state index contributed by atoms with van der Waals surface area (Å²) in [6, 6.07) is 0.520. The molecule has 19 heavy (non-hydrogen) atoms. The highest BCUT2D eigenvalue weighted by Gasteiger charge is 2.22. The zero-order valence-corrected chi connectivity index (χ0v) is 13.9. The minimum Gasteiger partial charge on any atom is -0.366 e. The largest absolute Gasteiger partial charge is 0.366 e. The van der Waals surface area contributed by atoms with Crippen LogP contribution in [-0.4, -0.2) is 34.1 Å². The quantitative estimate of drug-likeness (QED) is 0.851. The first-order valence-electron chi connectivity index (χ1n) is 6.78. The van der Waals surface area contributed by atoms with Gasteiger partial charge in [-0.3, -0.25) is 0 Å². The minimum atomic E-state index is 0.520. The fourth-order valence-electron chi connectivity index (χ4n) is 2.40. The van der Waals surface area contributed by atoms with Gasteiger partial charge in [-0.05, 0) is 48.4 Å². The maximum absolute atomic E-state index is 4.52. The fourth-order valence-corrected chi connectivity index (χ4v) is 3.53. The van der Waals surface area contributed by atoms with E-state index in [1.54, 1.807) is 0 Å². The van der Waals surface area contributed by atoms with Crippen LogP contribution in [0, 0.1) is 0 Å². The van der Waals surface area contributed by atoms with Gasteiger partial charge in [-0.1, -0.05) is 6.42 Å². The zero-order valence-electron chi connectivity index (χ0n) is 11.4. The van der Waals surface area contributed by atoms with Gasteiger partial charge in [-0.15, -0.1) is 0 Å². The fraction of sp³-hybridized carbons (Fsp3) is 0.692. The highest BCUT2D eigenvalue weighted by molar-refractivity contribution is 9.10. The van der Waals surface area contributed by atoms with Gasteiger partial charge in [0, 0.05) is 24.0 Å².